The van der Waals surface area contributed by atoms with Gasteiger partial charge in [0.25, 0.3) is 5.56 Å². The van der Waals surface area contributed by atoms with Crippen molar-refractivity contribution < 1.29 is 9.59 Å². The molecule has 0 unspecified atom stereocenters. The molecule has 2 rings (SSSR count). The van der Waals surface area contributed by atoms with Crippen molar-refractivity contribution in [2.75, 3.05) is 6.54 Å². The van der Waals surface area contributed by atoms with Crippen molar-refractivity contribution in [3.8, 4) is 6.07 Å². The molecule has 0 fully saturated rings. The molecule has 0 aliphatic carbocycles. The number of benzene rings is 1. The third-order valence-electron chi connectivity index (χ3n) is 3.35. The Kier molecular flexibility index (Phi) is 5.66. The average Bonchev–Trinajstić information content (AvgIpc) is 2.53. The number of fused-ring (bicyclic) bond motifs is 1. The maximum atomic E-state index is 12.2. The van der Waals surface area contributed by atoms with E-state index in [1.54, 1.807) is 6.07 Å². The van der Waals surface area contributed by atoms with Crippen LogP contribution in [0, 0.1) is 11.3 Å². The van der Waals surface area contributed by atoms with E-state index in [-0.39, 0.29) is 18.3 Å². The molecule has 1 atom stereocenters. The van der Waals surface area contributed by atoms with Crippen molar-refractivity contribution in [1.82, 2.24) is 15.3 Å². The Morgan fingerprint density at radius 1 is 1.46 bits per heavy atom. The first-order valence-electron chi connectivity index (χ1n) is 7.34. The van der Waals surface area contributed by atoms with Gasteiger partial charge in [-0.1, -0.05) is 18.5 Å². The Morgan fingerprint density at radius 3 is 2.88 bits per heavy atom. The first kappa shape index (κ1) is 17.6. The number of nitrogens with one attached hydrogen (secondary N) is 2. The van der Waals surface area contributed by atoms with Crippen LogP contribution < -0.4 is 10.9 Å². The van der Waals surface area contributed by atoms with E-state index in [1.807, 2.05) is 13.0 Å². The molecule has 0 aliphatic heterocycles. The lowest BCUT2D eigenvalue weighted by Gasteiger charge is -2.09. The minimum absolute atomic E-state index is 0.0630. The normalized spacial score (nSPS) is 11.7. The molecule has 24 heavy (non-hydrogen) atoms. The minimum Gasteiger partial charge on any atom is -0.349 e. The van der Waals surface area contributed by atoms with Gasteiger partial charge in [0.2, 0.25) is 5.91 Å². The Balaban J connectivity index is 2.29. The zero-order chi connectivity index (χ0) is 17.7. The number of carbonyl (C=O) groups excluding carboxylic acids is 2. The summed E-state index contributed by atoms with van der Waals surface area (Å²) in [7, 11) is 0. The molecule has 2 aromatic rings. The summed E-state index contributed by atoms with van der Waals surface area (Å²) in [6, 6.07) is 6.37. The number of nitriles is 1. The molecule has 0 saturated carbocycles. The van der Waals surface area contributed by atoms with Crippen LogP contribution in [0.1, 0.15) is 31.5 Å². The number of ketones is 1. The molecule has 1 heterocycles. The highest BCUT2D eigenvalue weighted by atomic mass is 35.5. The quantitative estimate of drug-likeness (QED) is 0.825. The topological polar surface area (TPSA) is 116 Å². The van der Waals surface area contributed by atoms with Crippen LogP contribution in [0.3, 0.4) is 0 Å². The van der Waals surface area contributed by atoms with E-state index in [0.717, 1.165) is 0 Å². The number of rotatable bonds is 6. The van der Waals surface area contributed by atoms with Gasteiger partial charge in [-0.2, -0.15) is 5.26 Å². The fourth-order valence-electron chi connectivity index (χ4n) is 2.16. The molecule has 1 amide bonds. The highest BCUT2D eigenvalue weighted by Gasteiger charge is 2.23. The zero-order valence-corrected chi connectivity index (χ0v) is 13.7. The second kappa shape index (κ2) is 7.70. The standard InChI is InChI=1S/C16H15ClN4O3/c1-2-3-14(23)19-8-13(22)11(7-18)15-20-12-6-9(17)4-5-10(12)16(24)21-15/h4-6,11H,2-3,8H2,1H3,(H,19,23)(H,20,21,24)/t11-/m1/s1. The van der Waals surface area contributed by atoms with E-state index in [1.165, 1.54) is 12.1 Å². The summed E-state index contributed by atoms with van der Waals surface area (Å²) in [4.78, 5) is 42.3. The van der Waals surface area contributed by atoms with Crippen LogP contribution in [-0.2, 0) is 9.59 Å². The van der Waals surface area contributed by atoms with E-state index >= 15 is 0 Å². The summed E-state index contributed by atoms with van der Waals surface area (Å²) >= 11 is 5.88. The van der Waals surface area contributed by atoms with Gasteiger partial charge in [-0.05, 0) is 24.6 Å². The summed E-state index contributed by atoms with van der Waals surface area (Å²) in [5.74, 6) is -2.16. The van der Waals surface area contributed by atoms with Gasteiger partial charge in [-0.3, -0.25) is 14.4 Å². The molecule has 0 saturated heterocycles. The van der Waals surface area contributed by atoms with Gasteiger partial charge in [-0.25, -0.2) is 4.98 Å². The number of hydrogen-bond donors (Lipinski definition) is 2. The van der Waals surface area contributed by atoms with E-state index in [4.69, 9.17) is 11.6 Å². The number of carbonyl (C=O) groups is 2. The second-order valence-electron chi connectivity index (χ2n) is 5.17. The van der Waals surface area contributed by atoms with E-state index in [9.17, 15) is 19.6 Å². The van der Waals surface area contributed by atoms with Crippen LogP contribution in [0.2, 0.25) is 5.02 Å². The van der Waals surface area contributed by atoms with Crippen molar-refractivity contribution in [1.29, 1.82) is 5.26 Å². The zero-order valence-electron chi connectivity index (χ0n) is 12.9. The number of hydrogen-bond acceptors (Lipinski definition) is 5. The summed E-state index contributed by atoms with van der Waals surface area (Å²) in [5, 5.41) is 12.4. The van der Waals surface area contributed by atoms with E-state index in [0.29, 0.717) is 28.8 Å². The highest BCUT2D eigenvalue weighted by molar-refractivity contribution is 6.31. The summed E-state index contributed by atoms with van der Waals surface area (Å²) in [5.41, 5.74) is -0.168. The summed E-state index contributed by atoms with van der Waals surface area (Å²) in [6.07, 6.45) is 0.954. The molecule has 8 heteroatoms. The molecule has 124 valence electrons. The maximum Gasteiger partial charge on any atom is 0.258 e. The molecular weight excluding hydrogens is 332 g/mol. The molecule has 0 spiro atoms. The fraction of sp³-hybridized carbons (Fsp3) is 0.312. The number of amides is 1. The summed E-state index contributed by atoms with van der Waals surface area (Å²) in [6.45, 7) is 1.54. The largest absolute Gasteiger partial charge is 0.349 e. The van der Waals surface area contributed by atoms with Gasteiger partial charge in [0.05, 0.1) is 23.5 Å². The van der Waals surface area contributed by atoms with Crippen LogP contribution >= 0.6 is 11.6 Å². The fourth-order valence-corrected chi connectivity index (χ4v) is 2.32. The average molecular weight is 347 g/mol. The van der Waals surface area contributed by atoms with Crippen LogP contribution in [0.5, 0.6) is 0 Å². The monoisotopic (exact) mass is 346 g/mol. The van der Waals surface area contributed by atoms with Gasteiger partial charge in [0, 0.05) is 11.4 Å². The molecule has 1 aromatic carbocycles. The Labute approximate surface area is 142 Å². The first-order valence-corrected chi connectivity index (χ1v) is 7.72. The molecule has 7 nitrogen and oxygen atoms in total. The third kappa shape index (κ3) is 3.97. The van der Waals surface area contributed by atoms with Crippen molar-refractivity contribution in [3.05, 3.63) is 39.4 Å². The summed E-state index contributed by atoms with van der Waals surface area (Å²) < 4.78 is 0. The number of nitrogens with zero attached hydrogens (tertiary/aromatic N) is 2. The van der Waals surface area contributed by atoms with E-state index in [2.05, 4.69) is 15.3 Å². The first-order chi connectivity index (χ1) is 11.5. The van der Waals surface area contributed by atoms with Crippen LogP contribution in [-0.4, -0.2) is 28.2 Å². The second-order valence-corrected chi connectivity index (χ2v) is 5.60. The molecule has 2 N–H and O–H groups in total. The van der Waals surface area contributed by atoms with Crippen molar-refractivity contribution >= 4 is 34.2 Å². The van der Waals surface area contributed by atoms with Gasteiger partial charge in [0.1, 0.15) is 5.82 Å². The number of Topliss-reactive ketones (excluding diaryl/α,β-unsaturated/α-hetero) is 1. The maximum absolute atomic E-state index is 12.2. The minimum atomic E-state index is -1.27. The SMILES string of the molecule is CCCC(=O)NCC(=O)[C@@H](C#N)c1nc2cc(Cl)ccc2c(=O)[nH]1. The van der Waals surface area contributed by atoms with Crippen molar-refractivity contribution in [2.24, 2.45) is 0 Å². The number of halogens is 1. The molecular formula is C16H15ClN4O3. The van der Waals surface area contributed by atoms with Gasteiger partial charge >= 0.3 is 0 Å². The third-order valence-corrected chi connectivity index (χ3v) is 3.58. The predicted octanol–water partition coefficient (Wildman–Crippen LogP) is 1.67. The smallest absolute Gasteiger partial charge is 0.258 e. The number of aromatic nitrogens is 2. The van der Waals surface area contributed by atoms with Crippen LogP contribution in [0.25, 0.3) is 10.9 Å². The Bertz CT molecular complexity index is 885. The number of H-pyrrole nitrogens is 1. The highest BCUT2D eigenvalue weighted by Crippen LogP contribution is 2.17. The molecule has 1 aromatic heterocycles. The van der Waals surface area contributed by atoms with E-state index < -0.39 is 17.3 Å². The Morgan fingerprint density at radius 2 is 2.21 bits per heavy atom. The van der Waals surface area contributed by atoms with Gasteiger partial charge < -0.3 is 10.3 Å². The molecule has 0 bridgehead atoms. The lowest BCUT2D eigenvalue weighted by atomic mass is 10.0. The Hall–Kier alpha value is -2.72. The lowest BCUT2D eigenvalue weighted by Crippen LogP contribution is -2.32. The molecule has 0 radical (unpaired) electrons. The van der Waals surface area contributed by atoms with Crippen LogP contribution in [0.15, 0.2) is 23.0 Å². The van der Waals surface area contributed by atoms with Crippen molar-refractivity contribution in [2.45, 2.75) is 25.7 Å². The number of aromatic amines is 1. The lowest BCUT2D eigenvalue weighted by molar-refractivity contribution is -0.125. The van der Waals surface area contributed by atoms with Crippen molar-refractivity contribution in [3.63, 3.8) is 0 Å². The molecule has 0 aliphatic rings. The van der Waals surface area contributed by atoms with Crippen LogP contribution in [0.4, 0.5) is 0 Å². The van der Waals surface area contributed by atoms with Gasteiger partial charge in [-0.15, -0.1) is 0 Å². The van der Waals surface area contributed by atoms with Gasteiger partial charge in [0.15, 0.2) is 11.7 Å². The predicted molar refractivity (Wildman–Crippen MR) is 88.7 cm³/mol.